The highest BCUT2D eigenvalue weighted by Crippen LogP contribution is 2.48. The summed E-state index contributed by atoms with van der Waals surface area (Å²) in [6.45, 7) is -1.47. The monoisotopic (exact) mass is 441 g/mol. The molecule has 0 aliphatic carbocycles. The summed E-state index contributed by atoms with van der Waals surface area (Å²) in [5.41, 5.74) is 0. The van der Waals surface area contributed by atoms with Crippen LogP contribution in [0.5, 0.6) is 0 Å². The molecule has 3 unspecified atom stereocenters. The van der Waals surface area contributed by atoms with Crippen LogP contribution >= 0.6 is 15.6 Å². The molecule has 0 amide bonds. The Balaban J connectivity index is 2.00. The fourth-order valence-corrected chi connectivity index (χ4v) is 4.29. The summed E-state index contributed by atoms with van der Waals surface area (Å²) in [5, 5.41) is 29.0. The summed E-state index contributed by atoms with van der Waals surface area (Å²) in [5.74, 6) is 0. The van der Waals surface area contributed by atoms with Crippen molar-refractivity contribution in [1.82, 2.24) is 0 Å². The molecule has 2 aliphatic heterocycles. The van der Waals surface area contributed by atoms with Crippen molar-refractivity contribution in [2.24, 2.45) is 0 Å². The van der Waals surface area contributed by atoms with E-state index in [2.05, 4.69) is 4.52 Å². The molecule has 0 aromatic rings. The van der Waals surface area contributed by atoms with Gasteiger partial charge < -0.3 is 39.5 Å². The Kier molecular flexibility index (Phi) is 8.37. The number of aliphatic hydroxyl groups is 3. The van der Waals surface area contributed by atoms with Crippen molar-refractivity contribution in [3.63, 3.8) is 0 Å². The summed E-state index contributed by atoms with van der Waals surface area (Å²) in [7, 11) is 1.71. The van der Waals surface area contributed by atoms with Crippen molar-refractivity contribution in [1.29, 1.82) is 0 Å². The van der Waals surface area contributed by atoms with E-state index in [0.717, 1.165) is 7.17 Å². The van der Waals surface area contributed by atoms with Crippen LogP contribution in [0.1, 0.15) is 0 Å². The first kappa shape index (κ1) is 24.5. The quantitative estimate of drug-likeness (QED) is 0.150. The molecule has 9 atom stereocenters. The molecule has 2 rings (SSSR count). The second-order valence-corrected chi connectivity index (χ2v) is 8.63. The van der Waals surface area contributed by atoms with Crippen molar-refractivity contribution in [2.45, 2.75) is 48.6 Å². The number of phosphoric ester groups is 2. The Morgan fingerprint density at radius 3 is 2.14 bits per heavy atom. The van der Waals surface area contributed by atoms with Crippen LogP contribution in [0.2, 0.25) is 0 Å². The van der Waals surface area contributed by atoms with Gasteiger partial charge in [-0.1, -0.05) is 0 Å². The van der Waals surface area contributed by atoms with Gasteiger partial charge in [0.25, 0.3) is 0 Å². The van der Waals surface area contributed by atoms with Crippen LogP contribution in [0.3, 0.4) is 0 Å². The van der Waals surface area contributed by atoms with E-state index < -0.39 is 77.5 Å². The van der Waals surface area contributed by atoms with E-state index in [9.17, 15) is 29.3 Å². The van der Waals surface area contributed by atoms with Crippen LogP contribution in [0.15, 0.2) is 0 Å². The van der Waals surface area contributed by atoms with Gasteiger partial charge in [0.1, 0.15) is 44.5 Å². The summed E-state index contributed by atoms with van der Waals surface area (Å²) in [4.78, 5) is 27.6. The topological polar surface area (TPSA) is 202 Å². The molecule has 13 nitrogen and oxygen atoms in total. The van der Waals surface area contributed by atoms with Crippen LogP contribution in [0.4, 0.5) is 0 Å². The minimum Gasteiger partial charge on any atom is -0.394 e. The lowest BCUT2D eigenvalue weighted by Crippen LogP contribution is -2.38. The van der Waals surface area contributed by atoms with Gasteiger partial charge >= 0.3 is 15.6 Å². The molecule has 5 radical (unpaired) electrons. The van der Waals surface area contributed by atoms with Gasteiger partial charge in [0, 0.05) is 19.7 Å². The highest BCUT2D eigenvalue weighted by atomic mass is 31.2. The summed E-state index contributed by atoms with van der Waals surface area (Å²) >= 11 is 0. The average molecular weight is 441 g/mol. The summed E-state index contributed by atoms with van der Waals surface area (Å²) < 4.78 is 47.2. The fourth-order valence-electron chi connectivity index (χ4n) is 2.74. The van der Waals surface area contributed by atoms with Crippen molar-refractivity contribution in [3.8, 4) is 0 Å². The molecular formula is C10H18B3O13P2. The molecule has 6 N–H and O–H groups in total. The minimum absolute atomic E-state index is 0.656. The number of hydrogen-bond donors (Lipinski definition) is 6. The van der Waals surface area contributed by atoms with E-state index in [1.165, 1.54) is 0 Å². The van der Waals surface area contributed by atoms with E-state index >= 15 is 0 Å². The van der Waals surface area contributed by atoms with Gasteiger partial charge in [-0.15, -0.1) is 0 Å². The number of hydrogen-bond acceptors (Lipinski definition) is 10. The van der Waals surface area contributed by atoms with E-state index in [1.807, 2.05) is 0 Å². The molecule has 0 bridgehead atoms. The maximum absolute atomic E-state index is 12.2. The van der Waals surface area contributed by atoms with E-state index in [4.69, 9.17) is 43.9 Å². The van der Waals surface area contributed by atoms with Gasteiger partial charge in [-0.2, -0.15) is 0 Å². The van der Waals surface area contributed by atoms with Crippen LogP contribution in [-0.4, -0.2) is 115 Å². The lowest BCUT2D eigenvalue weighted by Gasteiger charge is -2.24. The van der Waals surface area contributed by atoms with Crippen molar-refractivity contribution in [3.05, 3.63) is 0 Å². The highest BCUT2D eigenvalue weighted by molar-refractivity contribution is 7.47. The van der Waals surface area contributed by atoms with Crippen LogP contribution in [-0.2, 0) is 32.2 Å². The highest BCUT2D eigenvalue weighted by Gasteiger charge is 2.49. The third-order valence-electron chi connectivity index (χ3n) is 4.03. The maximum Gasteiger partial charge on any atom is 0.472 e. The van der Waals surface area contributed by atoms with Crippen LogP contribution in [0.25, 0.3) is 0 Å². The Morgan fingerprint density at radius 2 is 1.61 bits per heavy atom. The van der Waals surface area contributed by atoms with Crippen molar-refractivity contribution < 1.29 is 62.2 Å². The van der Waals surface area contributed by atoms with Gasteiger partial charge in [0.15, 0.2) is 0 Å². The van der Waals surface area contributed by atoms with Gasteiger partial charge in [-0.05, 0) is 0 Å². The second kappa shape index (κ2) is 9.57. The van der Waals surface area contributed by atoms with Gasteiger partial charge in [0.2, 0.25) is 0 Å². The first-order chi connectivity index (χ1) is 12.9. The Labute approximate surface area is 163 Å². The van der Waals surface area contributed by atoms with Gasteiger partial charge in [-0.25, -0.2) is 9.13 Å². The molecule has 28 heavy (non-hydrogen) atoms. The van der Waals surface area contributed by atoms with Crippen molar-refractivity contribution in [2.75, 3.05) is 13.2 Å². The van der Waals surface area contributed by atoms with Gasteiger partial charge in [0.05, 0.1) is 20.4 Å². The molecule has 155 valence electrons. The molecule has 2 fully saturated rings. The number of aliphatic hydroxyl groups excluding tert-OH is 3. The lowest BCUT2D eigenvalue weighted by molar-refractivity contribution is -0.0319. The predicted molar refractivity (Wildman–Crippen MR) is 91.3 cm³/mol. The minimum atomic E-state index is -5.04. The third-order valence-corrected chi connectivity index (χ3v) is 5.53. The molecule has 0 aromatic heterocycles. The van der Waals surface area contributed by atoms with E-state index in [0.29, 0.717) is 0 Å². The maximum atomic E-state index is 12.2. The normalized spacial score (nSPS) is 41.1. The Hall–Kier alpha value is 0.215. The Bertz CT molecular complexity index is 619. The molecule has 2 aliphatic rings. The zero-order valence-electron chi connectivity index (χ0n) is 14.2. The zero-order chi connectivity index (χ0) is 21.3. The smallest absolute Gasteiger partial charge is 0.394 e. The molecular weight excluding hydrogens is 422 g/mol. The second-order valence-electron chi connectivity index (χ2n) is 6.03. The lowest BCUT2D eigenvalue weighted by atomic mass is 9.50. The first-order valence-electron chi connectivity index (χ1n) is 7.86. The van der Waals surface area contributed by atoms with E-state index in [1.54, 1.807) is 0 Å². The van der Waals surface area contributed by atoms with Crippen molar-refractivity contribution >= 4 is 38.4 Å². The molecule has 0 saturated carbocycles. The summed E-state index contributed by atoms with van der Waals surface area (Å²) in [6, 6.07) is -2.46. The molecule has 0 spiro atoms. The SMILES string of the molecule is [B][B][C@@H]1O[C@H](CO)C(OP(=O)(O)OC[C@H]2O[C@@H]([B])[C@@H](O)C2OP(=O)(O)O)[C@@H]1O. The zero-order valence-corrected chi connectivity index (χ0v) is 16.0. The first-order valence-corrected chi connectivity index (χ1v) is 10.9. The van der Waals surface area contributed by atoms with Crippen LogP contribution in [0, 0.1) is 0 Å². The third kappa shape index (κ3) is 6.11. The summed E-state index contributed by atoms with van der Waals surface area (Å²) in [6.07, 6.45) is -8.85. The molecule has 2 saturated heterocycles. The standard InChI is InChI=1S/C10H18B3O13P2/c11-9-5(15)8(25-27(17,18)19)4(23-9)2-22-28(20,21)26-7-3(1-14)24-10(13-12)6(7)16/h3-10,14-16H,1-2H2,(H,20,21)(H2,17,18,19)/t3-,4-,5+,6+,7?,8?,9-,10-/m1/s1. The Morgan fingerprint density at radius 1 is 1.00 bits per heavy atom. The number of phosphoric acid groups is 2. The largest absolute Gasteiger partial charge is 0.472 e. The molecule has 18 heteroatoms. The fraction of sp³-hybridized carbons (Fsp3) is 1.00. The molecule has 2 heterocycles. The number of rotatable bonds is 9. The average Bonchev–Trinajstić information content (AvgIpc) is 3.03. The predicted octanol–water partition coefficient (Wildman–Crippen LogP) is -3.91. The van der Waals surface area contributed by atoms with E-state index in [-0.39, 0.29) is 0 Å². The van der Waals surface area contributed by atoms with Crippen LogP contribution < -0.4 is 0 Å². The van der Waals surface area contributed by atoms with Gasteiger partial charge in [-0.3, -0.25) is 13.6 Å². The molecule has 0 aromatic carbocycles. The number of ether oxygens (including phenoxy) is 2.